The smallest absolute Gasteiger partial charge is 0.294 e. The van der Waals surface area contributed by atoms with E-state index in [4.69, 9.17) is 4.55 Å². The summed E-state index contributed by atoms with van der Waals surface area (Å²) in [6, 6.07) is 4.94. The Morgan fingerprint density at radius 2 is 1.72 bits per heavy atom. The van der Waals surface area contributed by atoms with Crippen molar-refractivity contribution >= 4 is 78.9 Å². The van der Waals surface area contributed by atoms with Crippen LogP contribution in [0.1, 0.15) is 13.3 Å². The van der Waals surface area contributed by atoms with E-state index in [2.05, 4.69) is 5.32 Å². The summed E-state index contributed by atoms with van der Waals surface area (Å²) >= 11 is 0. The standard InChI is InChI=1S/C10H11NO5S.K/c1-7(12)6-10(13)11-8-2-4-9(5-3-8)17(14,15)16;/h2-5H,6H2,1H3,(H,11,13)(H,14,15,16);. The Labute approximate surface area is 147 Å². The molecule has 0 aliphatic heterocycles. The van der Waals surface area contributed by atoms with Crippen molar-refractivity contribution in [2.24, 2.45) is 0 Å². The van der Waals surface area contributed by atoms with Gasteiger partial charge in [-0.15, -0.1) is 0 Å². The molecular formula is C10H11KNO5S. The molecule has 2 N–H and O–H groups in total. The Morgan fingerprint density at radius 3 is 2.11 bits per heavy atom. The van der Waals surface area contributed by atoms with Gasteiger partial charge in [0.1, 0.15) is 5.78 Å². The van der Waals surface area contributed by atoms with Gasteiger partial charge < -0.3 is 5.32 Å². The second-order valence-electron chi connectivity index (χ2n) is 3.43. The van der Waals surface area contributed by atoms with Crippen LogP contribution >= 0.6 is 0 Å². The number of amides is 1. The molecule has 93 valence electrons. The molecule has 0 bridgehead atoms. The number of hydrogen-bond donors (Lipinski definition) is 2. The van der Waals surface area contributed by atoms with E-state index in [1.165, 1.54) is 19.1 Å². The topological polar surface area (TPSA) is 101 Å². The minimum Gasteiger partial charge on any atom is -0.326 e. The first-order valence-corrected chi connectivity index (χ1v) is 6.10. The summed E-state index contributed by atoms with van der Waals surface area (Å²) in [4.78, 5) is 21.6. The summed E-state index contributed by atoms with van der Waals surface area (Å²) in [6.07, 6.45) is -0.236. The number of Topliss-reactive ketones (excluding diaryl/α,β-unsaturated/α-hetero) is 1. The van der Waals surface area contributed by atoms with Crippen molar-refractivity contribution in [3.8, 4) is 0 Å². The van der Waals surface area contributed by atoms with Crippen LogP contribution in [0.3, 0.4) is 0 Å². The summed E-state index contributed by atoms with van der Waals surface area (Å²) < 4.78 is 30.2. The van der Waals surface area contributed by atoms with Gasteiger partial charge in [0.05, 0.1) is 11.3 Å². The van der Waals surface area contributed by atoms with Gasteiger partial charge in [-0.1, -0.05) is 0 Å². The van der Waals surface area contributed by atoms with Crippen LogP contribution in [-0.4, -0.2) is 76.0 Å². The molecule has 0 fully saturated rings. The number of ketones is 1. The first-order valence-electron chi connectivity index (χ1n) is 4.66. The molecular weight excluding hydrogens is 285 g/mol. The van der Waals surface area contributed by atoms with Crippen molar-refractivity contribution in [1.29, 1.82) is 0 Å². The van der Waals surface area contributed by atoms with E-state index < -0.39 is 16.0 Å². The molecule has 0 heterocycles. The van der Waals surface area contributed by atoms with Gasteiger partial charge in [-0.2, -0.15) is 8.42 Å². The van der Waals surface area contributed by atoms with Gasteiger partial charge in [0, 0.05) is 57.1 Å². The first-order chi connectivity index (χ1) is 7.79. The Kier molecular flexibility index (Phi) is 7.45. The fourth-order valence-corrected chi connectivity index (χ4v) is 1.62. The molecule has 0 aliphatic carbocycles. The third-order valence-corrected chi connectivity index (χ3v) is 2.71. The van der Waals surface area contributed by atoms with Crippen LogP contribution in [0.2, 0.25) is 0 Å². The molecule has 0 aromatic heterocycles. The summed E-state index contributed by atoms with van der Waals surface area (Å²) in [5, 5.41) is 2.42. The van der Waals surface area contributed by atoms with Crippen LogP contribution in [0.15, 0.2) is 29.2 Å². The molecule has 18 heavy (non-hydrogen) atoms. The molecule has 0 unspecified atom stereocenters. The van der Waals surface area contributed by atoms with E-state index in [0.717, 1.165) is 12.1 Å². The Hall–Kier alpha value is -0.0936. The van der Waals surface area contributed by atoms with Crippen molar-refractivity contribution < 1.29 is 22.6 Å². The number of rotatable bonds is 4. The summed E-state index contributed by atoms with van der Waals surface area (Å²) in [7, 11) is -4.23. The van der Waals surface area contributed by atoms with Gasteiger partial charge in [-0.25, -0.2) is 0 Å². The second-order valence-corrected chi connectivity index (χ2v) is 4.85. The predicted octanol–water partition coefficient (Wildman–Crippen LogP) is 0.470. The van der Waals surface area contributed by atoms with Crippen molar-refractivity contribution in [3.05, 3.63) is 24.3 Å². The second kappa shape index (κ2) is 7.48. The molecule has 1 aromatic rings. The fourth-order valence-electron chi connectivity index (χ4n) is 1.14. The van der Waals surface area contributed by atoms with Gasteiger partial charge >= 0.3 is 0 Å². The molecule has 1 radical (unpaired) electrons. The maximum Gasteiger partial charge on any atom is 0.294 e. The van der Waals surface area contributed by atoms with E-state index in [1.54, 1.807) is 0 Å². The fraction of sp³-hybridized carbons (Fsp3) is 0.200. The Morgan fingerprint density at radius 1 is 1.22 bits per heavy atom. The third-order valence-electron chi connectivity index (χ3n) is 1.85. The van der Waals surface area contributed by atoms with Crippen LogP contribution in [0, 0.1) is 0 Å². The minimum atomic E-state index is -4.23. The largest absolute Gasteiger partial charge is 0.326 e. The van der Waals surface area contributed by atoms with Crippen LogP contribution in [-0.2, 0) is 19.7 Å². The van der Waals surface area contributed by atoms with Crippen LogP contribution in [0.4, 0.5) is 5.69 Å². The monoisotopic (exact) mass is 296 g/mol. The summed E-state index contributed by atoms with van der Waals surface area (Å²) in [5.41, 5.74) is 0.351. The minimum absolute atomic E-state index is 0. The van der Waals surface area contributed by atoms with E-state index in [9.17, 15) is 18.0 Å². The van der Waals surface area contributed by atoms with Crippen LogP contribution < -0.4 is 5.32 Å². The zero-order valence-electron chi connectivity index (χ0n) is 10.0. The molecule has 1 rings (SSSR count). The average Bonchev–Trinajstić information content (AvgIpc) is 2.15. The quantitative estimate of drug-likeness (QED) is 0.478. The van der Waals surface area contributed by atoms with Gasteiger partial charge in [0.25, 0.3) is 10.1 Å². The number of anilines is 1. The number of benzene rings is 1. The first kappa shape index (κ1) is 17.9. The molecule has 0 aliphatic rings. The van der Waals surface area contributed by atoms with Gasteiger partial charge in [0.15, 0.2) is 0 Å². The SMILES string of the molecule is CC(=O)CC(=O)Nc1ccc(S(=O)(=O)O)cc1.[K]. The number of hydrogen-bond acceptors (Lipinski definition) is 4. The molecule has 6 nitrogen and oxygen atoms in total. The van der Waals surface area contributed by atoms with E-state index in [-0.39, 0.29) is 68.5 Å². The number of carbonyl (C=O) groups excluding carboxylic acids is 2. The van der Waals surface area contributed by atoms with E-state index in [0.29, 0.717) is 5.69 Å². The van der Waals surface area contributed by atoms with Gasteiger partial charge in [-0.05, 0) is 31.2 Å². The Bertz CT molecular complexity index is 538. The van der Waals surface area contributed by atoms with Crippen molar-refractivity contribution in [2.45, 2.75) is 18.2 Å². The summed E-state index contributed by atoms with van der Waals surface area (Å²) in [6.45, 7) is 1.29. The number of carbonyl (C=O) groups is 2. The summed E-state index contributed by atoms with van der Waals surface area (Å²) in [5.74, 6) is -0.742. The Balaban J connectivity index is 0.00000289. The molecule has 8 heteroatoms. The van der Waals surface area contributed by atoms with Gasteiger partial charge in [0.2, 0.25) is 5.91 Å². The molecule has 1 amide bonds. The average molecular weight is 296 g/mol. The molecule has 0 spiro atoms. The third kappa shape index (κ3) is 6.18. The number of nitrogens with one attached hydrogen (secondary N) is 1. The van der Waals surface area contributed by atoms with Crippen molar-refractivity contribution in [3.63, 3.8) is 0 Å². The molecule has 0 saturated carbocycles. The predicted molar refractivity (Wildman–Crippen MR) is 65.9 cm³/mol. The zero-order valence-corrected chi connectivity index (χ0v) is 13.9. The van der Waals surface area contributed by atoms with E-state index >= 15 is 0 Å². The molecule has 1 aromatic carbocycles. The van der Waals surface area contributed by atoms with E-state index in [1.807, 2.05) is 0 Å². The maximum absolute atomic E-state index is 11.2. The maximum atomic E-state index is 11.2. The molecule has 0 saturated heterocycles. The van der Waals surface area contributed by atoms with Crippen molar-refractivity contribution in [2.75, 3.05) is 5.32 Å². The molecule has 0 atom stereocenters. The van der Waals surface area contributed by atoms with Crippen LogP contribution in [0.5, 0.6) is 0 Å². The van der Waals surface area contributed by atoms with Gasteiger partial charge in [-0.3, -0.25) is 14.1 Å². The zero-order chi connectivity index (χ0) is 13.1. The van der Waals surface area contributed by atoms with Crippen LogP contribution in [0.25, 0.3) is 0 Å². The van der Waals surface area contributed by atoms with Crippen molar-refractivity contribution in [1.82, 2.24) is 0 Å². The normalized spacial score (nSPS) is 10.3.